The van der Waals surface area contributed by atoms with Gasteiger partial charge in [0.2, 0.25) is 6.79 Å². The van der Waals surface area contributed by atoms with Crippen LogP contribution in [0.2, 0.25) is 0 Å². The van der Waals surface area contributed by atoms with Gasteiger partial charge in [-0.1, -0.05) is 31.1 Å². The van der Waals surface area contributed by atoms with Gasteiger partial charge in [0.15, 0.2) is 11.5 Å². The zero-order valence-electron chi connectivity index (χ0n) is 12.7. The molecule has 0 N–H and O–H groups in total. The Morgan fingerprint density at radius 1 is 1.20 bits per heavy atom. The van der Waals surface area contributed by atoms with Crippen LogP contribution in [0, 0.1) is 11.8 Å². The van der Waals surface area contributed by atoms with Gasteiger partial charge in [0.05, 0.1) is 0 Å². The van der Waals surface area contributed by atoms with Crippen molar-refractivity contribution in [1.29, 1.82) is 0 Å². The first-order chi connectivity index (χ1) is 9.63. The van der Waals surface area contributed by atoms with E-state index in [0.717, 1.165) is 29.8 Å². The first kappa shape index (κ1) is 13.5. The van der Waals surface area contributed by atoms with Crippen molar-refractivity contribution >= 4 is 0 Å². The smallest absolute Gasteiger partial charge is 0.231 e. The third kappa shape index (κ3) is 2.70. The summed E-state index contributed by atoms with van der Waals surface area (Å²) in [6, 6.07) is 6.35. The highest BCUT2D eigenvalue weighted by Crippen LogP contribution is 2.37. The number of rotatable bonds is 3. The van der Waals surface area contributed by atoms with Crippen molar-refractivity contribution in [3.05, 3.63) is 34.9 Å². The van der Waals surface area contributed by atoms with Gasteiger partial charge in [-0.15, -0.1) is 0 Å². The standard InChI is InChI=1S/C18H24O2/c1-12(2)15-6-4-13(3)16(10-15)8-14-5-7-17-18(9-14)20-11-19-17/h5,7,9,12,15H,4,6,8,10-11H2,1-3H3. The lowest BCUT2D eigenvalue weighted by Crippen LogP contribution is -2.16. The second-order valence-electron chi connectivity index (χ2n) is 6.50. The molecule has 1 aromatic carbocycles. The van der Waals surface area contributed by atoms with Gasteiger partial charge in [0.25, 0.3) is 0 Å². The molecule has 0 spiro atoms. The zero-order chi connectivity index (χ0) is 14.1. The molecule has 1 atom stereocenters. The van der Waals surface area contributed by atoms with E-state index in [0.29, 0.717) is 6.79 Å². The molecule has 0 amide bonds. The van der Waals surface area contributed by atoms with Crippen molar-refractivity contribution in [1.82, 2.24) is 0 Å². The van der Waals surface area contributed by atoms with E-state index in [1.54, 1.807) is 11.1 Å². The Morgan fingerprint density at radius 2 is 2.00 bits per heavy atom. The average Bonchev–Trinajstić information content (AvgIpc) is 2.88. The maximum atomic E-state index is 5.48. The molecule has 0 radical (unpaired) electrons. The van der Waals surface area contributed by atoms with Gasteiger partial charge in [-0.2, -0.15) is 0 Å². The quantitative estimate of drug-likeness (QED) is 0.740. The lowest BCUT2D eigenvalue weighted by Gasteiger charge is -2.29. The molecule has 0 saturated heterocycles. The Kier molecular flexibility index (Phi) is 3.73. The third-order valence-electron chi connectivity index (χ3n) is 4.80. The fraction of sp³-hybridized carbons (Fsp3) is 0.556. The highest BCUT2D eigenvalue weighted by atomic mass is 16.7. The summed E-state index contributed by atoms with van der Waals surface area (Å²) >= 11 is 0. The van der Waals surface area contributed by atoms with Gasteiger partial charge in [-0.05, 0) is 62.1 Å². The highest BCUT2D eigenvalue weighted by Gasteiger charge is 2.22. The van der Waals surface area contributed by atoms with Crippen molar-refractivity contribution in [3.8, 4) is 11.5 Å². The molecular weight excluding hydrogens is 248 g/mol. The Balaban J connectivity index is 1.76. The number of allylic oxidation sites excluding steroid dienone is 2. The fourth-order valence-electron chi connectivity index (χ4n) is 3.26. The molecule has 1 heterocycles. The van der Waals surface area contributed by atoms with Crippen LogP contribution in [0.5, 0.6) is 11.5 Å². The molecular formula is C18H24O2. The first-order valence-corrected chi connectivity index (χ1v) is 7.69. The molecule has 3 rings (SSSR count). The van der Waals surface area contributed by atoms with Crippen LogP contribution in [0.4, 0.5) is 0 Å². The summed E-state index contributed by atoms with van der Waals surface area (Å²) in [7, 11) is 0. The van der Waals surface area contributed by atoms with E-state index in [4.69, 9.17) is 9.47 Å². The molecule has 1 aliphatic carbocycles. The molecule has 1 aromatic rings. The summed E-state index contributed by atoms with van der Waals surface area (Å²) in [6.45, 7) is 7.36. The van der Waals surface area contributed by atoms with Crippen LogP contribution >= 0.6 is 0 Å². The molecule has 1 aliphatic heterocycles. The minimum atomic E-state index is 0.357. The normalized spacial score (nSPS) is 21.7. The van der Waals surface area contributed by atoms with E-state index in [9.17, 15) is 0 Å². The van der Waals surface area contributed by atoms with Gasteiger partial charge in [-0.3, -0.25) is 0 Å². The molecule has 0 fully saturated rings. The Bertz CT molecular complexity index is 528. The van der Waals surface area contributed by atoms with Gasteiger partial charge < -0.3 is 9.47 Å². The molecule has 2 nitrogen and oxygen atoms in total. The van der Waals surface area contributed by atoms with Crippen LogP contribution in [0.3, 0.4) is 0 Å². The van der Waals surface area contributed by atoms with E-state index < -0.39 is 0 Å². The molecule has 2 heteroatoms. The summed E-state index contributed by atoms with van der Waals surface area (Å²) in [6.07, 6.45) is 4.94. The third-order valence-corrected chi connectivity index (χ3v) is 4.80. The first-order valence-electron chi connectivity index (χ1n) is 7.69. The summed E-state index contributed by atoms with van der Waals surface area (Å²) in [5.74, 6) is 3.41. The molecule has 1 unspecified atom stereocenters. The van der Waals surface area contributed by atoms with Gasteiger partial charge >= 0.3 is 0 Å². The Hall–Kier alpha value is -1.44. The Labute approximate surface area is 121 Å². The summed E-state index contributed by atoms with van der Waals surface area (Å²) in [5.41, 5.74) is 4.57. The van der Waals surface area contributed by atoms with E-state index in [2.05, 4.69) is 32.9 Å². The molecule has 2 aliphatic rings. The average molecular weight is 272 g/mol. The topological polar surface area (TPSA) is 18.5 Å². The van der Waals surface area contributed by atoms with Crippen LogP contribution < -0.4 is 9.47 Å². The summed E-state index contributed by atoms with van der Waals surface area (Å²) in [5, 5.41) is 0. The van der Waals surface area contributed by atoms with Crippen LogP contribution in [0.15, 0.2) is 29.3 Å². The monoisotopic (exact) mass is 272 g/mol. The molecule has 0 bridgehead atoms. The number of ether oxygens (including phenoxy) is 2. The van der Waals surface area contributed by atoms with Crippen molar-refractivity contribution in [2.45, 2.75) is 46.5 Å². The van der Waals surface area contributed by atoms with E-state index >= 15 is 0 Å². The SMILES string of the molecule is CC1=C(Cc2ccc3c(c2)OCO3)CC(C(C)C)CC1. The molecule has 0 aromatic heterocycles. The summed E-state index contributed by atoms with van der Waals surface area (Å²) < 4.78 is 10.9. The highest BCUT2D eigenvalue weighted by molar-refractivity contribution is 5.45. The van der Waals surface area contributed by atoms with Gasteiger partial charge in [-0.25, -0.2) is 0 Å². The van der Waals surface area contributed by atoms with E-state index in [-0.39, 0.29) is 0 Å². The molecule has 0 saturated carbocycles. The van der Waals surface area contributed by atoms with Crippen LogP contribution in [-0.4, -0.2) is 6.79 Å². The van der Waals surface area contributed by atoms with Crippen LogP contribution in [0.1, 0.15) is 45.6 Å². The second-order valence-corrected chi connectivity index (χ2v) is 6.50. The summed E-state index contributed by atoms with van der Waals surface area (Å²) in [4.78, 5) is 0. The number of fused-ring (bicyclic) bond motifs is 1. The predicted molar refractivity (Wildman–Crippen MR) is 81.1 cm³/mol. The lowest BCUT2D eigenvalue weighted by atomic mass is 9.77. The van der Waals surface area contributed by atoms with Gasteiger partial charge in [0.1, 0.15) is 0 Å². The second kappa shape index (κ2) is 5.51. The fourth-order valence-corrected chi connectivity index (χ4v) is 3.26. The number of benzene rings is 1. The van der Waals surface area contributed by atoms with E-state index in [1.807, 2.05) is 6.07 Å². The largest absolute Gasteiger partial charge is 0.454 e. The van der Waals surface area contributed by atoms with E-state index in [1.165, 1.54) is 24.8 Å². The minimum absolute atomic E-state index is 0.357. The predicted octanol–water partition coefficient (Wildman–Crippen LogP) is 4.73. The van der Waals surface area contributed by atoms with Crippen molar-refractivity contribution < 1.29 is 9.47 Å². The lowest BCUT2D eigenvalue weighted by molar-refractivity contribution is 0.174. The van der Waals surface area contributed by atoms with Gasteiger partial charge in [0, 0.05) is 0 Å². The number of hydrogen-bond donors (Lipinski definition) is 0. The maximum Gasteiger partial charge on any atom is 0.231 e. The van der Waals surface area contributed by atoms with Crippen LogP contribution in [0.25, 0.3) is 0 Å². The van der Waals surface area contributed by atoms with Crippen LogP contribution in [-0.2, 0) is 6.42 Å². The maximum absolute atomic E-state index is 5.48. The number of hydrogen-bond acceptors (Lipinski definition) is 2. The Morgan fingerprint density at radius 3 is 2.80 bits per heavy atom. The zero-order valence-corrected chi connectivity index (χ0v) is 12.7. The van der Waals surface area contributed by atoms with Crippen molar-refractivity contribution in [3.63, 3.8) is 0 Å². The minimum Gasteiger partial charge on any atom is -0.454 e. The van der Waals surface area contributed by atoms with Crippen molar-refractivity contribution in [2.75, 3.05) is 6.79 Å². The van der Waals surface area contributed by atoms with Crippen molar-refractivity contribution in [2.24, 2.45) is 11.8 Å². The molecule has 108 valence electrons. The molecule has 20 heavy (non-hydrogen) atoms.